The number of aliphatic hydroxyl groups excluding tert-OH is 2. The van der Waals surface area contributed by atoms with Gasteiger partial charge >= 0.3 is 0 Å². The zero-order chi connectivity index (χ0) is 16.8. The van der Waals surface area contributed by atoms with Gasteiger partial charge in [0.25, 0.3) is 0 Å². The van der Waals surface area contributed by atoms with E-state index < -0.39 is 0 Å². The van der Waals surface area contributed by atoms with Crippen molar-refractivity contribution in [2.24, 2.45) is 0 Å². The molecule has 0 saturated carbocycles. The summed E-state index contributed by atoms with van der Waals surface area (Å²) in [4.78, 5) is 4.83. The number of ether oxygens (including phenoxy) is 2. The van der Waals surface area contributed by atoms with Crippen LogP contribution >= 0.6 is 0 Å². The summed E-state index contributed by atoms with van der Waals surface area (Å²) in [6.07, 6.45) is 0.751. The van der Waals surface area contributed by atoms with Crippen molar-refractivity contribution in [3.05, 3.63) is 29.8 Å². The number of aliphatic hydroxyl groups is 2. The van der Waals surface area contributed by atoms with Gasteiger partial charge in [0.2, 0.25) is 0 Å². The second kappa shape index (κ2) is 8.78. The molecule has 2 atom stereocenters. The highest BCUT2D eigenvalue weighted by atomic mass is 16.5. The van der Waals surface area contributed by atoms with E-state index in [1.165, 1.54) is 5.56 Å². The van der Waals surface area contributed by atoms with E-state index in [1.54, 1.807) is 0 Å². The molecule has 0 aromatic heterocycles. The Labute approximate surface area is 143 Å². The number of rotatable bonds is 6. The van der Waals surface area contributed by atoms with Gasteiger partial charge in [0.1, 0.15) is 12.4 Å². The van der Waals surface area contributed by atoms with Gasteiger partial charge in [-0.15, -0.1) is 0 Å². The van der Waals surface area contributed by atoms with Crippen LogP contribution in [0.2, 0.25) is 0 Å². The summed E-state index contributed by atoms with van der Waals surface area (Å²) in [6, 6.07) is 8.24. The fourth-order valence-electron chi connectivity index (χ4n) is 3.52. The zero-order valence-corrected chi connectivity index (χ0v) is 14.1. The van der Waals surface area contributed by atoms with Crippen molar-refractivity contribution in [3.63, 3.8) is 0 Å². The molecule has 0 amide bonds. The Morgan fingerprint density at radius 3 is 2.88 bits per heavy atom. The van der Waals surface area contributed by atoms with Crippen LogP contribution in [0.5, 0.6) is 5.75 Å². The van der Waals surface area contributed by atoms with Crippen molar-refractivity contribution in [2.45, 2.75) is 25.1 Å². The molecule has 6 nitrogen and oxygen atoms in total. The molecular formula is C18H28N2O4. The average Bonchev–Trinajstić information content (AvgIpc) is 2.88. The van der Waals surface area contributed by atoms with Crippen LogP contribution in [0.1, 0.15) is 12.0 Å². The predicted molar refractivity (Wildman–Crippen MR) is 91.1 cm³/mol. The third-order valence-corrected chi connectivity index (χ3v) is 4.78. The Morgan fingerprint density at radius 2 is 2.08 bits per heavy atom. The number of hydrogen-bond acceptors (Lipinski definition) is 6. The summed E-state index contributed by atoms with van der Waals surface area (Å²) >= 11 is 0. The van der Waals surface area contributed by atoms with Crippen LogP contribution < -0.4 is 4.74 Å². The summed E-state index contributed by atoms with van der Waals surface area (Å²) in [5, 5.41) is 18.9. The normalized spacial score (nSPS) is 26.4. The number of nitrogens with zero attached hydrogens (tertiary/aromatic N) is 2. The molecule has 134 valence electrons. The van der Waals surface area contributed by atoms with Crippen LogP contribution in [0.15, 0.2) is 24.3 Å². The van der Waals surface area contributed by atoms with Crippen LogP contribution in [0.25, 0.3) is 0 Å². The standard InChI is InChI=1S/C18H28N2O4/c21-9-10-24-16-4-1-3-15(11-16)12-19-5-2-6-20(8-7-19)17-13-23-14-18(17)22/h1,3-4,11,17-18,21-22H,2,5-10,12-14H2/t17-,18-/m1/s1. The van der Waals surface area contributed by atoms with Crippen molar-refractivity contribution in [1.29, 1.82) is 0 Å². The van der Waals surface area contributed by atoms with E-state index >= 15 is 0 Å². The van der Waals surface area contributed by atoms with Crippen molar-refractivity contribution in [1.82, 2.24) is 9.80 Å². The topological polar surface area (TPSA) is 65.4 Å². The first kappa shape index (κ1) is 17.6. The number of hydrogen-bond donors (Lipinski definition) is 2. The predicted octanol–water partition coefficient (Wildman–Crippen LogP) is 0.325. The van der Waals surface area contributed by atoms with Crippen molar-refractivity contribution in [3.8, 4) is 5.75 Å². The van der Waals surface area contributed by atoms with Crippen LogP contribution in [-0.4, -0.2) is 84.8 Å². The quantitative estimate of drug-likeness (QED) is 0.780. The summed E-state index contributed by atoms with van der Waals surface area (Å²) in [6.45, 7) is 6.39. The van der Waals surface area contributed by atoms with Gasteiger partial charge in [0.15, 0.2) is 0 Å². The molecule has 2 saturated heterocycles. The second-order valence-electron chi connectivity index (χ2n) is 6.56. The molecule has 6 heteroatoms. The van der Waals surface area contributed by atoms with E-state index in [4.69, 9.17) is 14.6 Å². The average molecular weight is 336 g/mol. The van der Waals surface area contributed by atoms with Crippen LogP contribution in [0.3, 0.4) is 0 Å². The minimum Gasteiger partial charge on any atom is -0.491 e. The monoisotopic (exact) mass is 336 g/mol. The minimum absolute atomic E-state index is 0.0307. The summed E-state index contributed by atoms with van der Waals surface area (Å²) < 4.78 is 10.9. The Hall–Kier alpha value is -1.18. The van der Waals surface area contributed by atoms with Gasteiger partial charge in [-0.1, -0.05) is 12.1 Å². The fourth-order valence-corrected chi connectivity index (χ4v) is 3.52. The first-order chi connectivity index (χ1) is 11.8. The molecule has 0 unspecified atom stereocenters. The Balaban J connectivity index is 1.53. The lowest BCUT2D eigenvalue weighted by Crippen LogP contribution is -2.44. The molecule has 3 rings (SSSR count). The highest BCUT2D eigenvalue weighted by Gasteiger charge is 2.32. The Morgan fingerprint density at radius 1 is 1.17 bits per heavy atom. The summed E-state index contributed by atoms with van der Waals surface area (Å²) in [5.74, 6) is 0.809. The van der Waals surface area contributed by atoms with E-state index in [9.17, 15) is 5.11 Å². The van der Waals surface area contributed by atoms with Gasteiger partial charge in [0.05, 0.1) is 32.0 Å². The second-order valence-corrected chi connectivity index (χ2v) is 6.56. The van der Waals surface area contributed by atoms with E-state index in [0.717, 1.165) is 44.9 Å². The molecule has 2 aliphatic heterocycles. The zero-order valence-electron chi connectivity index (χ0n) is 14.1. The smallest absolute Gasteiger partial charge is 0.119 e. The highest BCUT2D eigenvalue weighted by Crippen LogP contribution is 2.18. The molecule has 2 fully saturated rings. The molecule has 0 aliphatic carbocycles. The molecule has 1 aromatic rings. The van der Waals surface area contributed by atoms with Gasteiger partial charge in [-0.25, -0.2) is 0 Å². The minimum atomic E-state index is -0.350. The molecule has 2 aliphatic rings. The highest BCUT2D eigenvalue weighted by molar-refractivity contribution is 5.28. The lowest BCUT2D eigenvalue weighted by Gasteiger charge is -2.28. The largest absolute Gasteiger partial charge is 0.491 e. The van der Waals surface area contributed by atoms with Gasteiger partial charge in [-0.3, -0.25) is 9.80 Å². The maximum atomic E-state index is 10.0. The molecule has 24 heavy (non-hydrogen) atoms. The molecular weight excluding hydrogens is 308 g/mol. The molecule has 1 aromatic carbocycles. The summed E-state index contributed by atoms with van der Waals surface area (Å²) in [7, 11) is 0. The van der Waals surface area contributed by atoms with Gasteiger partial charge in [-0.05, 0) is 37.2 Å². The first-order valence-corrected chi connectivity index (χ1v) is 8.81. The third-order valence-electron chi connectivity index (χ3n) is 4.78. The first-order valence-electron chi connectivity index (χ1n) is 8.81. The van der Waals surface area contributed by atoms with Crippen molar-refractivity contribution in [2.75, 3.05) is 52.6 Å². The maximum absolute atomic E-state index is 10.0. The van der Waals surface area contributed by atoms with Crippen molar-refractivity contribution >= 4 is 0 Å². The van der Waals surface area contributed by atoms with E-state index in [1.807, 2.05) is 18.2 Å². The van der Waals surface area contributed by atoms with E-state index in [2.05, 4.69) is 15.9 Å². The van der Waals surface area contributed by atoms with Crippen LogP contribution in [-0.2, 0) is 11.3 Å². The maximum Gasteiger partial charge on any atom is 0.119 e. The van der Waals surface area contributed by atoms with Gasteiger partial charge in [0, 0.05) is 19.6 Å². The van der Waals surface area contributed by atoms with Gasteiger partial charge in [-0.2, -0.15) is 0 Å². The Kier molecular flexibility index (Phi) is 6.45. The van der Waals surface area contributed by atoms with Crippen LogP contribution in [0.4, 0.5) is 0 Å². The molecule has 0 radical (unpaired) electrons. The number of benzene rings is 1. The fraction of sp³-hybridized carbons (Fsp3) is 0.667. The SMILES string of the molecule is OCCOc1cccc(CN2CCCN([C@@H]3COC[C@H]3O)CC2)c1. The molecule has 2 N–H and O–H groups in total. The van der Waals surface area contributed by atoms with Crippen molar-refractivity contribution < 1.29 is 19.7 Å². The van der Waals surface area contributed by atoms with E-state index in [-0.39, 0.29) is 18.8 Å². The van der Waals surface area contributed by atoms with Gasteiger partial charge < -0.3 is 19.7 Å². The molecule has 0 bridgehead atoms. The third kappa shape index (κ3) is 4.68. The Bertz CT molecular complexity index is 514. The molecule has 2 heterocycles. The lowest BCUT2D eigenvalue weighted by atomic mass is 10.2. The van der Waals surface area contributed by atoms with E-state index in [0.29, 0.717) is 19.8 Å². The summed E-state index contributed by atoms with van der Waals surface area (Å²) in [5.41, 5.74) is 1.23. The lowest BCUT2D eigenvalue weighted by molar-refractivity contribution is 0.0837. The van der Waals surface area contributed by atoms with Crippen LogP contribution in [0, 0.1) is 0 Å². The molecule has 0 spiro atoms.